The van der Waals surface area contributed by atoms with E-state index >= 15 is 0 Å². The van der Waals surface area contributed by atoms with Crippen LogP contribution in [0.5, 0.6) is 0 Å². The molecule has 0 saturated carbocycles. The van der Waals surface area contributed by atoms with Gasteiger partial charge in [-0.3, -0.25) is 19.8 Å². The standard InChI is InChI=1S/C23H20N4O3S2/c1-24(2)17-9-11-18(12-10-17)26-22(28)21(32-23(26)31)14-19-7-5-13-25(19)15-16-6-3-4-8-20(16)27(29)30/h3-14H,15H2,1-2H3/b21-14+. The number of nitro groups is 1. The largest absolute Gasteiger partial charge is 0.378 e. The first-order valence-corrected chi connectivity index (χ1v) is 11.0. The summed E-state index contributed by atoms with van der Waals surface area (Å²) >= 11 is 6.72. The molecule has 1 aliphatic rings. The lowest BCUT2D eigenvalue weighted by molar-refractivity contribution is -0.385. The molecule has 1 aromatic heterocycles. The van der Waals surface area contributed by atoms with Gasteiger partial charge in [-0.05, 0) is 42.5 Å². The molecular weight excluding hydrogens is 444 g/mol. The van der Waals surface area contributed by atoms with E-state index < -0.39 is 0 Å². The Bertz CT molecular complexity index is 1230. The van der Waals surface area contributed by atoms with Gasteiger partial charge in [0.25, 0.3) is 11.6 Å². The number of thioether (sulfide) groups is 1. The summed E-state index contributed by atoms with van der Waals surface area (Å²) in [6.45, 7) is 0.322. The van der Waals surface area contributed by atoms with Crippen molar-refractivity contribution in [3.63, 3.8) is 0 Å². The second-order valence-electron chi connectivity index (χ2n) is 7.37. The molecule has 1 fully saturated rings. The number of carbonyl (C=O) groups is 1. The first-order chi connectivity index (χ1) is 15.3. The van der Waals surface area contributed by atoms with Crippen LogP contribution >= 0.6 is 24.0 Å². The van der Waals surface area contributed by atoms with Gasteiger partial charge in [0, 0.05) is 43.3 Å². The van der Waals surface area contributed by atoms with E-state index in [1.165, 1.54) is 22.7 Å². The molecule has 0 atom stereocenters. The van der Waals surface area contributed by atoms with E-state index in [9.17, 15) is 14.9 Å². The highest BCUT2D eigenvalue weighted by Crippen LogP contribution is 2.36. The molecule has 4 rings (SSSR count). The molecule has 0 spiro atoms. The van der Waals surface area contributed by atoms with Crippen LogP contribution in [0.3, 0.4) is 0 Å². The molecule has 0 bridgehead atoms. The minimum atomic E-state index is -0.384. The Morgan fingerprint density at radius 1 is 1.09 bits per heavy atom. The monoisotopic (exact) mass is 464 g/mol. The molecule has 2 aromatic carbocycles. The van der Waals surface area contributed by atoms with Crippen LogP contribution in [0.25, 0.3) is 6.08 Å². The Labute approximate surface area is 195 Å². The average molecular weight is 465 g/mol. The predicted molar refractivity (Wildman–Crippen MR) is 133 cm³/mol. The zero-order valence-electron chi connectivity index (χ0n) is 17.5. The van der Waals surface area contributed by atoms with E-state index in [-0.39, 0.29) is 16.5 Å². The summed E-state index contributed by atoms with van der Waals surface area (Å²) in [4.78, 5) is 28.1. The van der Waals surface area contributed by atoms with Gasteiger partial charge in [-0.25, -0.2) is 0 Å². The molecule has 7 nitrogen and oxygen atoms in total. The van der Waals surface area contributed by atoms with Crippen LogP contribution in [0.4, 0.5) is 17.1 Å². The zero-order valence-corrected chi connectivity index (χ0v) is 19.1. The van der Waals surface area contributed by atoms with Crippen molar-refractivity contribution >= 4 is 57.3 Å². The number of nitro benzene ring substituents is 1. The van der Waals surface area contributed by atoms with Crippen LogP contribution in [0.1, 0.15) is 11.3 Å². The first-order valence-electron chi connectivity index (χ1n) is 9.78. The number of amides is 1. The minimum absolute atomic E-state index is 0.0691. The topological polar surface area (TPSA) is 71.6 Å². The molecular formula is C23H20N4O3S2. The minimum Gasteiger partial charge on any atom is -0.378 e. The summed E-state index contributed by atoms with van der Waals surface area (Å²) < 4.78 is 2.34. The normalized spacial score (nSPS) is 14.9. The molecule has 2 heterocycles. The number of carbonyl (C=O) groups excluding carboxylic acids is 1. The molecule has 1 saturated heterocycles. The molecule has 0 radical (unpaired) electrons. The fourth-order valence-corrected chi connectivity index (χ4v) is 4.72. The highest BCUT2D eigenvalue weighted by molar-refractivity contribution is 8.27. The van der Waals surface area contributed by atoms with Crippen LogP contribution in [0.15, 0.2) is 71.8 Å². The van der Waals surface area contributed by atoms with Crippen molar-refractivity contribution in [1.82, 2.24) is 4.57 Å². The number of para-hydroxylation sites is 1. The third kappa shape index (κ3) is 4.30. The van der Waals surface area contributed by atoms with Crippen molar-refractivity contribution in [2.75, 3.05) is 23.9 Å². The molecule has 1 aliphatic heterocycles. The predicted octanol–water partition coefficient (Wildman–Crippen LogP) is 4.92. The fraction of sp³-hybridized carbons (Fsp3) is 0.130. The van der Waals surface area contributed by atoms with Gasteiger partial charge < -0.3 is 9.47 Å². The van der Waals surface area contributed by atoms with Gasteiger partial charge in [-0.2, -0.15) is 0 Å². The average Bonchev–Trinajstić information content (AvgIpc) is 3.31. The van der Waals surface area contributed by atoms with Gasteiger partial charge in [-0.15, -0.1) is 0 Å². The van der Waals surface area contributed by atoms with E-state index in [0.717, 1.165) is 17.1 Å². The van der Waals surface area contributed by atoms with Crippen LogP contribution in [-0.4, -0.2) is 33.8 Å². The lowest BCUT2D eigenvalue weighted by Gasteiger charge is -2.17. The quantitative estimate of drug-likeness (QED) is 0.223. The maximum Gasteiger partial charge on any atom is 0.274 e. The lowest BCUT2D eigenvalue weighted by atomic mass is 10.2. The van der Waals surface area contributed by atoms with Crippen LogP contribution in [0, 0.1) is 10.1 Å². The number of rotatable bonds is 6. The van der Waals surface area contributed by atoms with Gasteiger partial charge in [0.05, 0.1) is 22.1 Å². The number of thiocarbonyl (C=S) groups is 1. The Morgan fingerprint density at radius 3 is 2.50 bits per heavy atom. The maximum atomic E-state index is 13.1. The van der Waals surface area contributed by atoms with Crippen LogP contribution in [0.2, 0.25) is 0 Å². The summed E-state index contributed by atoms with van der Waals surface area (Å²) in [5, 5.41) is 11.3. The molecule has 162 valence electrons. The lowest BCUT2D eigenvalue weighted by Crippen LogP contribution is -2.27. The van der Waals surface area contributed by atoms with Gasteiger partial charge in [0.2, 0.25) is 0 Å². The number of benzene rings is 2. The van der Waals surface area contributed by atoms with Crippen molar-refractivity contribution in [2.24, 2.45) is 0 Å². The summed E-state index contributed by atoms with van der Waals surface area (Å²) in [5.41, 5.74) is 3.18. The fourth-order valence-electron chi connectivity index (χ4n) is 3.43. The van der Waals surface area contributed by atoms with Gasteiger partial charge in [-0.1, -0.05) is 42.2 Å². The second kappa shape index (κ2) is 8.97. The van der Waals surface area contributed by atoms with Gasteiger partial charge >= 0.3 is 0 Å². The zero-order chi connectivity index (χ0) is 22.8. The Morgan fingerprint density at radius 2 is 1.81 bits per heavy atom. The molecule has 0 unspecified atom stereocenters. The van der Waals surface area contributed by atoms with Gasteiger partial charge in [0.1, 0.15) is 0 Å². The highest BCUT2D eigenvalue weighted by Gasteiger charge is 2.33. The van der Waals surface area contributed by atoms with E-state index in [2.05, 4.69) is 0 Å². The summed E-state index contributed by atoms with van der Waals surface area (Å²) in [7, 11) is 3.91. The Balaban J connectivity index is 1.60. The highest BCUT2D eigenvalue weighted by atomic mass is 32.2. The Hall–Kier alpha value is -3.43. The van der Waals surface area contributed by atoms with E-state index in [4.69, 9.17) is 12.2 Å². The van der Waals surface area contributed by atoms with Crippen molar-refractivity contribution in [3.8, 4) is 0 Å². The Kier molecular flexibility index (Phi) is 6.11. The van der Waals surface area contributed by atoms with E-state index in [0.29, 0.717) is 21.3 Å². The molecule has 0 aliphatic carbocycles. The van der Waals surface area contributed by atoms with Crippen molar-refractivity contribution in [2.45, 2.75) is 6.54 Å². The second-order valence-corrected chi connectivity index (χ2v) is 9.05. The number of nitrogens with zero attached hydrogens (tertiary/aromatic N) is 4. The summed E-state index contributed by atoms with van der Waals surface area (Å²) in [5.74, 6) is -0.184. The summed E-state index contributed by atoms with van der Waals surface area (Å²) in [6, 6.07) is 18.0. The SMILES string of the molecule is CN(C)c1ccc(N2C(=O)/C(=C\c3cccn3Cc3ccccc3[N+](=O)[O-])SC2=S)cc1. The van der Waals surface area contributed by atoms with Crippen molar-refractivity contribution < 1.29 is 9.72 Å². The molecule has 9 heteroatoms. The molecule has 0 N–H and O–H groups in total. The number of anilines is 2. The van der Waals surface area contributed by atoms with Crippen molar-refractivity contribution in [1.29, 1.82) is 0 Å². The van der Waals surface area contributed by atoms with E-state index in [1.807, 2.05) is 66.2 Å². The molecule has 32 heavy (non-hydrogen) atoms. The summed E-state index contributed by atoms with van der Waals surface area (Å²) in [6.07, 6.45) is 3.62. The molecule has 3 aromatic rings. The number of hydrogen-bond donors (Lipinski definition) is 0. The molecule has 1 amide bonds. The van der Waals surface area contributed by atoms with Crippen molar-refractivity contribution in [3.05, 3.63) is 93.1 Å². The number of hydrogen-bond acceptors (Lipinski definition) is 6. The van der Waals surface area contributed by atoms with Crippen LogP contribution in [-0.2, 0) is 11.3 Å². The van der Waals surface area contributed by atoms with Crippen LogP contribution < -0.4 is 9.80 Å². The third-order valence-corrected chi connectivity index (χ3v) is 6.39. The third-order valence-electron chi connectivity index (χ3n) is 5.09. The smallest absolute Gasteiger partial charge is 0.274 e. The van der Waals surface area contributed by atoms with E-state index in [1.54, 1.807) is 24.3 Å². The van der Waals surface area contributed by atoms with Gasteiger partial charge in [0.15, 0.2) is 4.32 Å². The maximum absolute atomic E-state index is 13.1. The first kappa shape index (κ1) is 21.8. The number of aromatic nitrogens is 1.